The van der Waals surface area contributed by atoms with E-state index in [1.807, 2.05) is 44.5 Å². The molecule has 17 heteroatoms. The average Bonchev–Trinajstić information content (AvgIpc) is 3.38. The smallest absolute Gasteiger partial charge is 0.410 e. The minimum atomic E-state index is -4.62. The summed E-state index contributed by atoms with van der Waals surface area (Å²) < 4.78 is 48.8. The highest BCUT2D eigenvalue weighted by atomic mass is 32.2. The lowest BCUT2D eigenvalue weighted by Gasteiger charge is -2.40. The first-order valence-corrected chi connectivity index (χ1v) is 16.2. The first-order chi connectivity index (χ1) is 21.9. The molecule has 2 aromatic heterocycles. The third-order valence-corrected chi connectivity index (χ3v) is 8.88. The summed E-state index contributed by atoms with van der Waals surface area (Å²) in [5, 5.41) is 6.31. The Kier molecular flexibility index (Phi) is 13.7. The van der Waals surface area contributed by atoms with Gasteiger partial charge in [-0.05, 0) is 44.5 Å². The van der Waals surface area contributed by atoms with Crippen LogP contribution in [0, 0.1) is 20.8 Å². The maximum absolute atomic E-state index is 13.0. The van der Waals surface area contributed by atoms with E-state index < -0.39 is 37.1 Å². The normalized spacial score (nSPS) is 17.5. The molecule has 0 saturated carbocycles. The van der Waals surface area contributed by atoms with Crippen molar-refractivity contribution in [1.29, 1.82) is 0 Å². The largest absolute Gasteiger partial charge is 0.453 e. The van der Waals surface area contributed by atoms with E-state index in [4.69, 9.17) is 4.74 Å². The van der Waals surface area contributed by atoms with Crippen molar-refractivity contribution in [3.05, 3.63) is 44.9 Å². The number of piperidine rings is 1. The molecule has 252 valence electrons. The molecule has 4 rings (SSSR count). The fourth-order valence-corrected chi connectivity index (χ4v) is 6.26. The van der Waals surface area contributed by atoms with Gasteiger partial charge in [-0.2, -0.15) is 13.2 Å². The second kappa shape index (κ2) is 17.2. The minimum Gasteiger partial charge on any atom is -0.453 e. The maximum atomic E-state index is 13.0. The van der Waals surface area contributed by atoms with Crippen molar-refractivity contribution in [1.82, 2.24) is 24.7 Å². The number of nitrogens with zero attached hydrogens (tertiary/aromatic N) is 6. The Morgan fingerprint density at radius 3 is 2.41 bits per heavy atom. The van der Waals surface area contributed by atoms with Crippen molar-refractivity contribution >= 4 is 59.9 Å². The Labute approximate surface area is 274 Å². The minimum absolute atomic E-state index is 0.0227. The van der Waals surface area contributed by atoms with Gasteiger partial charge >= 0.3 is 18.4 Å². The fourth-order valence-electron chi connectivity index (χ4n) is 4.62. The fraction of sp³-hybridized carbons (Fsp3) is 0.517. The number of methoxy groups -OCH3 is 1. The van der Waals surface area contributed by atoms with Gasteiger partial charge in [0.15, 0.2) is 0 Å². The molecule has 2 saturated heterocycles. The first-order valence-electron chi connectivity index (χ1n) is 14.3. The van der Waals surface area contributed by atoms with Crippen LogP contribution >= 0.6 is 23.1 Å². The van der Waals surface area contributed by atoms with Crippen LogP contribution in [0.1, 0.15) is 34.0 Å². The van der Waals surface area contributed by atoms with Crippen LogP contribution in [0.4, 0.5) is 28.6 Å². The number of aryl methyl sites for hydroxylation is 3. The molecule has 4 heterocycles. The van der Waals surface area contributed by atoms with Crippen LogP contribution in [0.2, 0.25) is 0 Å². The number of piperazine rings is 1. The number of carbonyl (C=O) groups excluding carboxylic acids is 3. The summed E-state index contributed by atoms with van der Waals surface area (Å²) >= 11 is 3.27. The molecule has 12 nitrogen and oxygen atoms in total. The Morgan fingerprint density at radius 2 is 1.87 bits per heavy atom. The van der Waals surface area contributed by atoms with Crippen molar-refractivity contribution in [2.75, 3.05) is 51.0 Å². The third-order valence-electron chi connectivity index (χ3n) is 7.08. The Bertz CT molecular complexity index is 1370. The van der Waals surface area contributed by atoms with Crippen LogP contribution in [0.5, 0.6) is 0 Å². The molecule has 2 aromatic rings. The topological polar surface area (TPSA) is 130 Å². The van der Waals surface area contributed by atoms with E-state index in [1.54, 1.807) is 23.1 Å². The molecule has 46 heavy (non-hydrogen) atoms. The van der Waals surface area contributed by atoms with Crippen LogP contribution in [0.25, 0.3) is 5.70 Å². The van der Waals surface area contributed by atoms with E-state index >= 15 is 0 Å². The van der Waals surface area contributed by atoms with Crippen molar-refractivity contribution in [2.24, 2.45) is 4.99 Å². The van der Waals surface area contributed by atoms with Crippen LogP contribution in [-0.4, -0.2) is 114 Å². The molecule has 2 fully saturated rings. The van der Waals surface area contributed by atoms with Gasteiger partial charge in [-0.15, -0.1) is 23.1 Å². The maximum Gasteiger partial charge on any atom is 0.410 e. The SMILES string of the molecule is C=N/C(=C\SCNc1ccc(C)cn1)c1sc(C)nc1C.COC(=O)N1CCC(OC(=O)N2CCN(C=O)C(C(F)(F)F)C2)CC1. The predicted octanol–water partition coefficient (Wildman–Crippen LogP) is 5.32. The molecular formula is C29H38F3N7O5S2. The summed E-state index contributed by atoms with van der Waals surface area (Å²) in [5.74, 6) is 1.60. The van der Waals surface area contributed by atoms with Crippen molar-refractivity contribution < 1.29 is 37.0 Å². The molecular weight excluding hydrogens is 647 g/mol. The molecule has 0 aliphatic carbocycles. The lowest BCUT2D eigenvalue weighted by atomic mass is 10.1. The number of likely N-dealkylation sites (tertiary alicyclic amines) is 1. The summed E-state index contributed by atoms with van der Waals surface area (Å²) in [5.41, 5.74) is 3.04. The predicted molar refractivity (Wildman–Crippen MR) is 172 cm³/mol. The number of aromatic nitrogens is 2. The highest BCUT2D eigenvalue weighted by molar-refractivity contribution is 8.02. The second-order valence-electron chi connectivity index (χ2n) is 10.4. The highest BCUT2D eigenvalue weighted by Crippen LogP contribution is 2.29. The second-order valence-corrected chi connectivity index (χ2v) is 12.5. The summed E-state index contributed by atoms with van der Waals surface area (Å²) in [6.45, 7) is 9.47. The Balaban J connectivity index is 0.000000254. The van der Waals surface area contributed by atoms with E-state index in [-0.39, 0.29) is 19.5 Å². The number of anilines is 1. The number of carbonyl (C=O) groups is 3. The van der Waals surface area contributed by atoms with Gasteiger partial charge in [-0.25, -0.2) is 19.6 Å². The molecule has 0 spiro atoms. The van der Waals surface area contributed by atoms with Crippen molar-refractivity contribution in [3.63, 3.8) is 0 Å². The standard InChI is InChI=1S/C15H18N4S2.C14H20F3N3O5/c1-10-5-6-14(17-7-10)18-9-20-8-13(16-4)15-11(2)19-12(3)21-15;1-24-12(22)18-4-2-10(3-5-18)25-13(23)19-6-7-20(9-21)11(8-19)14(15,16)17/h5-8H,4,9H2,1-3H3,(H,17,18);9-11H,2-8H2,1H3/b13-8-;. The van der Waals surface area contributed by atoms with Crippen molar-refractivity contribution in [3.8, 4) is 0 Å². The Morgan fingerprint density at radius 1 is 1.15 bits per heavy atom. The van der Waals surface area contributed by atoms with Gasteiger partial charge in [0, 0.05) is 45.2 Å². The van der Waals surface area contributed by atoms with E-state index in [2.05, 4.69) is 31.7 Å². The molecule has 0 aromatic carbocycles. The van der Waals surface area contributed by atoms with Gasteiger partial charge in [0.05, 0.1) is 40.8 Å². The van der Waals surface area contributed by atoms with Gasteiger partial charge in [-0.1, -0.05) is 6.07 Å². The molecule has 0 radical (unpaired) electrons. The highest BCUT2D eigenvalue weighted by Gasteiger charge is 2.47. The number of hydrogen-bond acceptors (Lipinski definition) is 11. The zero-order valence-corrected chi connectivity index (χ0v) is 27.7. The molecule has 3 amide bonds. The van der Waals surface area contributed by atoms with Gasteiger partial charge in [0.1, 0.15) is 18.0 Å². The van der Waals surface area contributed by atoms with Crippen LogP contribution in [0.3, 0.4) is 0 Å². The number of nitrogens with one attached hydrogen (secondary N) is 1. The number of amides is 3. The van der Waals surface area contributed by atoms with Crippen molar-refractivity contribution in [2.45, 2.75) is 51.9 Å². The third kappa shape index (κ3) is 10.6. The molecule has 1 atom stereocenters. The number of alkyl halides is 3. The van der Waals surface area contributed by atoms with E-state index in [0.29, 0.717) is 30.8 Å². The number of thioether (sulfide) groups is 1. The van der Waals surface area contributed by atoms with E-state index in [1.165, 1.54) is 12.0 Å². The van der Waals surface area contributed by atoms with Crippen LogP contribution in [-0.2, 0) is 14.3 Å². The zero-order valence-electron chi connectivity index (χ0n) is 26.1. The first kappa shape index (κ1) is 36.6. The quantitative estimate of drug-likeness (QED) is 0.170. The summed E-state index contributed by atoms with van der Waals surface area (Å²) in [4.78, 5) is 51.3. The van der Waals surface area contributed by atoms with E-state index in [0.717, 1.165) is 43.4 Å². The average molecular weight is 686 g/mol. The molecule has 0 bridgehead atoms. The lowest BCUT2D eigenvalue weighted by molar-refractivity contribution is -0.194. The number of thiazole rings is 1. The number of ether oxygens (including phenoxy) is 2. The number of pyridine rings is 1. The number of rotatable bonds is 8. The monoisotopic (exact) mass is 685 g/mol. The molecule has 1 unspecified atom stereocenters. The molecule has 2 aliphatic rings. The number of aliphatic imine (C=N–C) groups is 1. The van der Waals surface area contributed by atoms with Gasteiger partial charge in [0.25, 0.3) is 0 Å². The zero-order chi connectivity index (χ0) is 33.9. The van der Waals surface area contributed by atoms with Crippen LogP contribution < -0.4 is 5.32 Å². The summed E-state index contributed by atoms with van der Waals surface area (Å²) in [6.07, 6.45) is -3.63. The molecule has 2 aliphatic heterocycles. The molecule has 1 N–H and O–H groups in total. The summed E-state index contributed by atoms with van der Waals surface area (Å²) in [7, 11) is 1.27. The summed E-state index contributed by atoms with van der Waals surface area (Å²) in [6, 6.07) is 1.98. The van der Waals surface area contributed by atoms with Gasteiger partial charge in [0.2, 0.25) is 6.41 Å². The number of halogens is 3. The van der Waals surface area contributed by atoms with E-state index in [9.17, 15) is 27.6 Å². The van der Waals surface area contributed by atoms with Crippen LogP contribution in [0.15, 0.2) is 28.7 Å². The lowest BCUT2D eigenvalue weighted by Crippen LogP contribution is -2.60. The van der Waals surface area contributed by atoms with Gasteiger partial charge < -0.3 is 29.5 Å². The number of hydrogen-bond donors (Lipinski definition) is 1. The van der Waals surface area contributed by atoms with Gasteiger partial charge in [-0.3, -0.25) is 9.79 Å². The Hall–Kier alpha value is -3.86.